The number of fused-ring (bicyclic) bond motifs is 3. The minimum atomic E-state index is 0.0953. The minimum Gasteiger partial charge on any atom is -0.322 e. The maximum Gasteiger partial charge on any atom is 0.263 e. The molecule has 0 atom stereocenters. The van der Waals surface area contributed by atoms with Crippen LogP contribution in [0, 0.1) is 13.8 Å². The highest BCUT2D eigenvalue weighted by Gasteiger charge is 2.22. The second-order valence-corrected chi connectivity index (χ2v) is 8.16. The molecule has 4 rings (SSSR count). The maximum absolute atomic E-state index is 13.3. The van der Waals surface area contributed by atoms with Crippen LogP contribution >= 0.6 is 11.3 Å². The number of aryl methyl sites for hydroxylation is 4. The number of rotatable bonds is 4. The molecule has 0 saturated heterocycles. The third kappa shape index (κ3) is 2.65. The fraction of sp³-hybridized carbons (Fsp3) is 0.526. The first kappa shape index (κ1) is 17.3. The van der Waals surface area contributed by atoms with Gasteiger partial charge in [-0.1, -0.05) is 6.92 Å². The Balaban J connectivity index is 1.91. The lowest BCUT2D eigenvalue weighted by molar-refractivity contribution is 0.655. The molecular formula is C19H25N5OS. The van der Waals surface area contributed by atoms with Crippen molar-refractivity contribution in [2.24, 2.45) is 7.05 Å². The first-order valence-electron chi connectivity index (χ1n) is 9.33. The molecule has 7 heteroatoms. The van der Waals surface area contributed by atoms with E-state index < -0.39 is 0 Å². The van der Waals surface area contributed by atoms with Crippen molar-refractivity contribution in [1.82, 2.24) is 19.3 Å². The van der Waals surface area contributed by atoms with Crippen LogP contribution in [0.4, 0.5) is 11.6 Å². The fourth-order valence-corrected chi connectivity index (χ4v) is 5.08. The molecule has 1 N–H and O–H groups in total. The van der Waals surface area contributed by atoms with Crippen LogP contribution < -0.4 is 10.9 Å². The van der Waals surface area contributed by atoms with Crippen molar-refractivity contribution in [2.45, 2.75) is 59.4 Å². The highest BCUT2D eigenvalue weighted by atomic mass is 32.1. The molecule has 3 heterocycles. The normalized spacial score (nSPS) is 14.0. The summed E-state index contributed by atoms with van der Waals surface area (Å²) in [4.78, 5) is 20.4. The van der Waals surface area contributed by atoms with E-state index in [-0.39, 0.29) is 5.56 Å². The molecule has 1 aliphatic rings. The molecule has 0 bridgehead atoms. The molecule has 1 aliphatic carbocycles. The summed E-state index contributed by atoms with van der Waals surface area (Å²) in [5, 5.41) is 8.72. The summed E-state index contributed by atoms with van der Waals surface area (Å²) in [6, 6.07) is 0. The van der Waals surface area contributed by atoms with Crippen LogP contribution in [-0.4, -0.2) is 19.3 Å². The Hall–Kier alpha value is -2.15. The molecule has 0 fully saturated rings. The molecule has 0 saturated carbocycles. The van der Waals surface area contributed by atoms with Gasteiger partial charge >= 0.3 is 0 Å². The van der Waals surface area contributed by atoms with E-state index in [0.29, 0.717) is 12.5 Å². The van der Waals surface area contributed by atoms with Crippen LogP contribution in [0.25, 0.3) is 10.2 Å². The van der Waals surface area contributed by atoms with Gasteiger partial charge in [0.2, 0.25) is 5.95 Å². The molecule has 0 spiro atoms. The molecule has 26 heavy (non-hydrogen) atoms. The van der Waals surface area contributed by atoms with Crippen molar-refractivity contribution in [2.75, 3.05) is 5.32 Å². The van der Waals surface area contributed by atoms with Gasteiger partial charge in [0.15, 0.2) is 0 Å². The van der Waals surface area contributed by atoms with Gasteiger partial charge in [0.05, 0.1) is 22.5 Å². The molecule has 0 aromatic carbocycles. The predicted octanol–water partition coefficient (Wildman–Crippen LogP) is 3.84. The number of hydrogen-bond donors (Lipinski definition) is 1. The molecule has 0 radical (unpaired) electrons. The van der Waals surface area contributed by atoms with Gasteiger partial charge in [0, 0.05) is 18.5 Å². The summed E-state index contributed by atoms with van der Waals surface area (Å²) < 4.78 is 3.65. The number of nitrogens with one attached hydrogen (secondary N) is 1. The molecule has 0 aliphatic heterocycles. The van der Waals surface area contributed by atoms with Crippen molar-refractivity contribution >= 4 is 33.2 Å². The van der Waals surface area contributed by atoms with E-state index in [1.54, 1.807) is 15.9 Å². The van der Waals surface area contributed by atoms with E-state index in [9.17, 15) is 4.79 Å². The number of nitrogens with zero attached hydrogens (tertiary/aromatic N) is 4. The van der Waals surface area contributed by atoms with E-state index in [4.69, 9.17) is 4.98 Å². The SMILES string of the molecule is CCCn1c(Nc2c(C)nn(C)c2C)nc2sc3c(c2c1=O)CCCC3. The third-order valence-electron chi connectivity index (χ3n) is 5.27. The Morgan fingerprint density at radius 3 is 2.69 bits per heavy atom. The zero-order valence-corrected chi connectivity index (χ0v) is 16.7. The summed E-state index contributed by atoms with van der Waals surface area (Å²) in [5.74, 6) is 0.627. The largest absolute Gasteiger partial charge is 0.322 e. The molecule has 3 aromatic heterocycles. The van der Waals surface area contributed by atoms with Gasteiger partial charge in [0.25, 0.3) is 5.56 Å². The Bertz CT molecular complexity index is 1040. The standard InChI is InChI=1S/C19H25N5OS/c1-5-10-24-18(25)15-13-8-6-7-9-14(13)26-17(15)21-19(24)20-16-11(2)22-23(4)12(16)3/h5-10H2,1-4H3,(H,20,21). The van der Waals surface area contributed by atoms with Crippen molar-refractivity contribution in [1.29, 1.82) is 0 Å². The first-order chi connectivity index (χ1) is 12.5. The molecular weight excluding hydrogens is 346 g/mol. The molecule has 138 valence electrons. The fourth-order valence-electron chi connectivity index (χ4n) is 3.83. The first-order valence-corrected chi connectivity index (χ1v) is 10.1. The monoisotopic (exact) mass is 371 g/mol. The Kier molecular flexibility index (Phi) is 4.34. The molecule has 6 nitrogen and oxygen atoms in total. The zero-order chi connectivity index (χ0) is 18.4. The third-order valence-corrected chi connectivity index (χ3v) is 6.45. The topological polar surface area (TPSA) is 64.7 Å². The summed E-state index contributed by atoms with van der Waals surface area (Å²) in [6.45, 7) is 6.74. The van der Waals surface area contributed by atoms with Gasteiger partial charge in [0.1, 0.15) is 4.83 Å². The van der Waals surface area contributed by atoms with Crippen LogP contribution in [0.15, 0.2) is 4.79 Å². The van der Waals surface area contributed by atoms with Crippen LogP contribution in [0.2, 0.25) is 0 Å². The minimum absolute atomic E-state index is 0.0953. The van der Waals surface area contributed by atoms with Gasteiger partial charge in [-0.05, 0) is 51.5 Å². The Morgan fingerprint density at radius 2 is 2.00 bits per heavy atom. The van der Waals surface area contributed by atoms with Crippen LogP contribution in [0.3, 0.4) is 0 Å². The summed E-state index contributed by atoms with van der Waals surface area (Å²) in [5.41, 5.74) is 4.22. The lowest BCUT2D eigenvalue weighted by Gasteiger charge is -2.14. The predicted molar refractivity (Wildman–Crippen MR) is 107 cm³/mol. The summed E-state index contributed by atoms with van der Waals surface area (Å²) >= 11 is 1.69. The quantitative estimate of drug-likeness (QED) is 0.757. The second kappa shape index (κ2) is 6.54. The van der Waals surface area contributed by atoms with Gasteiger partial charge in [-0.25, -0.2) is 4.98 Å². The van der Waals surface area contributed by atoms with Crippen LogP contribution in [0.1, 0.15) is 48.0 Å². The molecule has 0 unspecified atom stereocenters. The number of thiophene rings is 1. The van der Waals surface area contributed by atoms with Gasteiger partial charge in [-0.15, -0.1) is 11.3 Å². The number of anilines is 2. The lowest BCUT2D eigenvalue weighted by atomic mass is 9.97. The summed E-state index contributed by atoms with van der Waals surface area (Å²) in [6.07, 6.45) is 5.35. The van der Waals surface area contributed by atoms with Crippen LogP contribution in [0.5, 0.6) is 0 Å². The van der Waals surface area contributed by atoms with E-state index in [0.717, 1.165) is 46.6 Å². The summed E-state index contributed by atoms with van der Waals surface area (Å²) in [7, 11) is 1.93. The maximum atomic E-state index is 13.3. The highest BCUT2D eigenvalue weighted by Crippen LogP contribution is 2.34. The second-order valence-electron chi connectivity index (χ2n) is 7.08. The van der Waals surface area contributed by atoms with E-state index in [2.05, 4.69) is 17.3 Å². The Labute approximate surface area is 156 Å². The van der Waals surface area contributed by atoms with Gasteiger partial charge in [-0.2, -0.15) is 5.10 Å². The average Bonchev–Trinajstić information content (AvgIpc) is 3.10. The van der Waals surface area contributed by atoms with Gasteiger partial charge in [-0.3, -0.25) is 14.0 Å². The molecule has 3 aromatic rings. The zero-order valence-electron chi connectivity index (χ0n) is 15.8. The van der Waals surface area contributed by atoms with Crippen molar-refractivity contribution in [3.8, 4) is 0 Å². The number of aromatic nitrogens is 4. The van der Waals surface area contributed by atoms with Gasteiger partial charge < -0.3 is 5.32 Å². The Morgan fingerprint density at radius 1 is 1.23 bits per heavy atom. The molecule has 0 amide bonds. The smallest absolute Gasteiger partial charge is 0.263 e. The average molecular weight is 372 g/mol. The van der Waals surface area contributed by atoms with Crippen molar-refractivity contribution in [3.05, 3.63) is 32.2 Å². The van der Waals surface area contributed by atoms with E-state index >= 15 is 0 Å². The van der Waals surface area contributed by atoms with Crippen molar-refractivity contribution in [3.63, 3.8) is 0 Å². The van der Waals surface area contributed by atoms with Crippen molar-refractivity contribution < 1.29 is 0 Å². The van der Waals surface area contributed by atoms with E-state index in [1.807, 2.05) is 25.6 Å². The lowest BCUT2D eigenvalue weighted by Crippen LogP contribution is -2.24. The highest BCUT2D eigenvalue weighted by molar-refractivity contribution is 7.18. The van der Waals surface area contributed by atoms with Crippen LogP contribution in [-0.2, 0) is 26.4 Å². The van der Waals surface area contributed by atoms with E-state index in [1.165, 1.54) is 23.3 Å². The number of hydrogen-bond acceptors (Lipinski definition) is 5.